The number of hydrogen-bond acceptors (Lipinski definition) is 7. The van der Waals surface area contributed by atoms with Crippen LogP contribution in [-0.2, 0) is 28.7 Å². The molecule has 2 N–H and O–H groups in total. The number of carbonyl (C=O) groups is 4. The van der Waals surface area contributed by atoms with Crippen molar-refractivity contribution >= 4 is 39.6 Å². The number of aliphatic hydroxyl groups excluding tert-OH is 1. The molecular formula is C32H42BrN3O7. The van der Waals surface area contributed by atoms with Crippen molar-refractivity contribution in [2.75, 3.05) is 19.8 Å². The highest BCUT2D eigenvalue weighted by molar-refractivity contribution is 9.09. The van der Waals surface area contributed by atoms with E-state index in [0.717, 1.165) is 5.56 Å². The molecule has 3 saturated heterocycles. The van der Waals surface area contributed by atoms with Gasteiger partial charge in [-0.15, -0.1) is 13.2 Å². The number of nitrogens with zero attached hydrogens (tertiary/aromatic N) is 2. The van der Waals surface area contributed by atoms with E-state index in [2.05, 4.69) is 34.4 Å². The molecule has 8 atom stereocenters. The maximum Gasteiger partial charge on any atom is 0.306 e. The van der Waals surface area contributed by atoms with E-state index in [4.69, 9.17) is 9.47 Å². The Kier molecular flexibility index (Phi) is 10.5. The second kappa shape index (κ2) is 13.7. The molecule has 3 heterocycles. The largest absolute Gasteiger partial charge is 0.463 e. The third-order valence-electron chi connectivity index (χ3n) is 8.72. The number of halogens is 1. The average molecular weight is 661 g/mol. The van der Waals surface area contributed by atoms with Crippen LogP contribution in [0.25, 0.3) is 0 Å². The highest BCUT2D eigenvalue weighted by Gasteiger charge is 2.77. The second-order valence-corrected chi connectivity index (χ2v) is 13.0. The fraction of sp³-hybridized carbons (Fsp3) is 0.562. The van der Waals surface area contributed by atoms with Crippen LogP contribution >= 0.6 is 15.9 Å². The van der Waals surface area contributed by atoms with Gasteiger partial charge in [0.15, 0.2) is 0 Å². The molecule has 43 heavy (non-hydrogen) atoms. The Bertz CT molecular complexity index is 1230. The molecule has 4 rings (SSSR count). The number of carbonyl (C=O) groups excluding carboxylic acids is 4. The lowest BCUT2D eigenvalue weighted by Gasteiger charge is -2.39. The number of esters is 1. The molecule has 0 aromatic heterocycles. The van der Waals surface area contributed by atoms with Gasteiger partial charge in [-0.25, -0.2) is 0 Å². The molecular weight excluding hydrogens is 618 g/mol. The third kappa shape index (κ3) is 6.17. The zero-order valence-electron chi connectivity index (χ0n) is 25.0. The number of fused-ring (bicyclic) bond motifs is 1. The molecule has 3 fully saturated rings. The predicted octanol–water partition coefficient (Wildman–Crippen LogP) is 2.91. The van der Waals surface area contributed by atoms with Gasteiger partial charge in [0, 0.05) is 23.8 Å². The zero-order chi connectivity index (χ0) is 31.5. The number of hydrogen-bond donors (Lipinski definition) is 2. The number of nitrogens with one attached hydrogen (secondary N) is 1. The van der Waals surface area contributed by atoms with Gasteiger partial charge in [-0.05, 0) is 39.2 Å². The number of benzene rings is 1. The minimum absolute atomic E-state index is 0.0921. The number of aliphatic hydroxyl groups is 1. The van der Waals surface area contributed by atoms with E-state index in [1.54, 1.807) is 24.0 Å². The van der Waals surface area contributed by atoms with Gasteiger partial charge in [-0.1, -0.05) is 58.4 Å². The summed E-state index contributed by atoms with van der Waals surface area (Å²) in [5.41, 5.74) is -0.522. The molecule has 11 heteroatoms. The Labute approximate surface area is 261 Å². The molecule has 0 saturated carbocycles. The van der Waals surface area contributed by atoms with Crippen LogP contribution in [0.15, 0.2) is 55.6 Å². The first-order valence-corrected chi connectivity index (χ1v) is 15.7. The van der Waals surface area contributed by atoms with Gasteiger partial charge in [-0.3, -0.25) is 19.2 Å². The van der Waals surface area contributed by atoms with Crippen LogP contribution in [0, 0.1) is 11.8 Å². The first-order valence-electron chi connectivity index (χ1n) is 14.8. The summed E-state index contributed by atoms with van der Waals surface area (Å²) < 4.78 is 12.1. The fourth-order valence-electron chi connectivity index (χ4n) is 6.70. The number of ether oxygens (including phenoxy) is 2. The van der Waals surface area contributed by atoms with E-state index in [-0.39, 0.29) is 43.0 Å². The SMILES string of the molecule is C=CCCC(=O)OC[C@H](NC(=O)[C@@H]1[C@H]2O[C@@]3(CC2Br)[C@H](C(=O)N(CC=C)C(C)C)N([C@H](C)CO)C(=O)[C@@H]13)c1ccccc1. The highest BCUT2D eigenvalue weighted by Crippen LogP contribution is 2.60. The van der Waals surface area contributed by atoms with Crippen LogP contribution in [0.2, 0.25) is 0 Å². The Hall–Kier alpha value is -3.02. The van der Waals surface area contributed by atoms with E-state index in [9.17, 15) is 24.3 Å². The summed E-state index contributed by atoms with van der Waals surface area (Å²) in [6.07, 6.45) is 3.61. The van der Waals surface area contributed by atoms with Crippen LogP contribution in [0.5, 0.6) is 0 Å². The topological polar surface area (TPSA) is 125 Å². The lowest BCUT2D eigenvalue weighted by molar-refractivity contribution is -0.152. The molecule has 0 aliphatic carbocycles. The van der Waals surface area contributed by atoms with Crippen molar-refractivity contribution < 1.29 is 33.8 Å². The highest BCUT2D eigenvalue weighted by atomic mass is 79.9. The first-order chi connectivity index (χ1) is 20.5. The summed E-state index contributed by atoms with van der Waals surface area (Å²) in [6.45, 7) is 12.7. The smallest absolute Gasteiger partial charge is 0.306 e. The van der Waals surface area contributed by atoms with Gasteiger partial charge < -0.3 is 29.7 Å². The minimum Gasteiger partial charge on any atom is -0.463 e. The van der Waals surface area contributed by atoms with E-state index >= 15 is 0 Å². The summed E-state index contributed by atoms with van der Waals surface area (Å²) in [5, 5.41) is 13.1. The maximum absolute atomic E-state index is 14.2. The van der Waals surface area contributed by atoms with E-state index in [0.29, 0.717) is 12.8 Å². The van der Waals surface area contributed by atoms with Crippen molar-refractivity contribution in [2.24, 2.45) is 11.8 Å². The van der Waals surface area contributed by atoms with Crippen molar-refractivity contribution in [3.63, 3.8) is 0 Å². The Morgan fingerprint density at radius 3 is 2.53 bits per heavy atom. The number of rotatable bonds is 14. The number of alkyl halides is 1. The Morgan fingerprint density at radius 1 is 1.23 bits per heavy atom. The maximum atomic E-state index is 14.2. The average Bonchev–Trinajstić information content (AvgIpc) is 3.59. The summed E-state index contributed by atoms with van der Waals surface area (Å²) in [6, 6.07) is 6.61. The summed E-state index contributed by atoms with van der Waals surface area (Å²) in [4.78, 5) is 57.6. The van der Waals surface area contributed by atoms with Gasteiger partial charge in [0.2, 0.25) is 17.7 Å². The van der Waals surface area contributed by atoms with Crippen LogP contribution in [0.4, 0.5) is 0 Å². The van der Waals surface area contributed by atoms with Crippen LogP contribution in [-0.4, -0.2) is 93.0 Å². The molecule has 234 valence electrons. The van der Waals surface area contributed by atoms with Gasteiger partial charge in [-0.2, -0.15) is 0 Å². The summed E-state index contributed by atoms with van der Waals surface area (Å²) >= 11 is 3.68. The quantitative estimate of drug-likeness (QED) is 0.179. The van der Waals surface area contributed by atoms with Gasteiger partial charge >= 0.3 is 5.97 Å². The molecule has 3 aliphatic rings. The molecule has 10 nitrogen and oxygen atoms in total. The van der Waals surface area contributed by atoms with Crippen LogP contribution < -0.4 is 5.32 Å². The normalized spacial score (nSPS) is 28.7. The van der Waals surface area contributed by atoms with Gasteiger partial charge in [0.05, 0.1) is 36.6 Å². The standard InChI is InChI=1S/C32H42BrN3O7/c1-6-8-14-24(38)42-18-23(21-12-10-9-11-13-21)34-29(39)25-26-30(40)36(20(5)17-37)28(31(41)35(15-7-2)19(3)4)32(26)16-22(33)27(25)43-32/h6-7,9-13,19-20,22-23,25-28,37H,1-2,8,14-18H2,3-5H3,(H,34,39)/t20-,22?,23+,25+,26-,27+,28+,32-/m1/s1. The van der Waals surface area contributed by atoms with Crippen molar-refractivity contribution in [2.45, 2.75) is 80.7 Å². The van der Waals surface area contributed by atoms with Crippen molar-refractivity contribution in [3.05, 3.63) is 61.2 Å². The molecule has 1 aromatic rings. The van der Waals surface area contributed by atoms with E-state index < -0.39 is 59.5 Å². The number of amides is 3. The fourth-order valence-corrected chi connectivity index (χ4v) is 7.65. The molecule has 3 aliphatic heterocycles. The number of allylic oxidation sites excluding steroid dienone is 1. The van der Waals surface area contributed by atoms with Crippen LogP contribution in [0.1, 0.15) is 51.6 Å². The van der Waals surface area contributed by atoms with Gasteiger partial charge in [0.1, 0.15) is 18.2 Å². The van der Waals surface area contributed by atoms with E-state index in [1.807, 2.05) is 44.2 Å². The van der Waals surface area contributed by atoms with Crippen molar-refractivity contribution in [1.29, 1.82) is 0 Å². The van der Waals surface area contributed by atoms with Crippen LogP contribution in [0.3, 0.4) is 0 Å². The number of likely N-dealkylation sites (tertiary alicyclic amines) is 1. The predicted molar refractivity (Wildman–Crippen MR) is 164 cm³/mol. The molecule has 1 unspecified atom stereocenters. The summed E-state index contributed by atoms with van der Waals surface area (Å²) in [7, 11) is 0. The second-order valence-electron chi connectivity index (χ2n) is 11.8. The zero-order valence-corrected chi connectivity index (χ0v) is 26.6. The molecule has 3 amide bonds. The Balaban J connectivity index is 1.67. The monoisotopic (exact) mass is 659 g/mol. The van der Waals surface area contributed by atoms with Crippen molar-refractivity contribution in [3.8, 4) is 0 Å². The Morgan fingerprint density at radius 2 is 1.93 bits per heavy atom. The third-order valence-corrected chi connectivity index (χ3v) is 9.56. The molecule has 2 bridgehead atoms. The molecule has 1 spiro atoms. The van der Waals surface area contributed by atoms with E-state index in [1.165, 1.54) is 4.90 Å². The lowest BCUT2D eigenvalue weighted by Crippen LogP contribution is -2.59. The molecule has 1 aromatic carbocycles. The lowest BCUT2D eigenvalue weighted by atomic mass is 9.70. The minimum atomic E-state index is -1.26. The van der Waals surface area contributed by atoms with Crippen molar-refractivity contribution in [1.82, 2.24) is 15.1 Å². The molecule has 0 radical (unpaired) electrons. The summed E-state index contributed by atoms with van der Waals surface area (Å²) in [5.74, 6) is -3.38. The van der Waals surface area contributed by atoms with Gasteiger partial charge in [0.25, 0.3) is 0 Å². The first kappa shape index (κ1) is 32.9.